The summed E-state index contributed by atoms with van der Waals surface area (Å²) in [5.74, 6) is -2.19. The maximum Gasteiger partial charge on any atom is 0.472 e. The second-order valence-electron chi connectivity index (χ2n) is 25.6. The van der Waals surface area contributed by atoms with Crippen LogP contribution in [-0.2, 0) is 65.4 Å². The SMILES string of the molecule is CC/C=C\C/C=C\C/C=C\CCCCCCCCCC(=O)OCC(COP(=O)(O)OCC(O)COP(=O)(O)OCC(COC(=O)CCCCCCC/C=C\C/C=C\CCCCC)OC(=O)CCCCCCCCCCCCC)OC(=O)CCCCCCC/C=C\CCCCCC. The van der Waals surface area contributed by atoms with Crippen LogP contribution in [0.25, 0.3) is 0 Å². The lowest BCUT2D eigenvalue weighted by atomic mass is 10.1. The van der Waals surface area contributed by atoms with Crippen LogP contribution in [0.2, 0.25) is 0 Å². The molecule has 0 bridgehead atoms. The van der Waals surface area contributed by atoms with Gasteiger partial charge in [0.05, 0.1) is 26.4 Å². The van der Waals surface area contributed by atoms with Crippen LogP contribution in [0.1, 0.15) is 336 Å². The summed E-state index contributed by atoms with van der Waals surface area (Å²) >= 11 is 0. The Morgan fingerprint density at radius 2 is 0.542 bits per heavy atom. The van der Waals surface area contributed by atoms with Gasteiger partial charge in [0.15, 0.2) is 12.2 Å². The van der Waals surface area contributed by atoms with Crippen molar-refractivity contribution in [3.05, 3.63) is 72.9 Å². The molecule has 0 aromatic heterocycles. The van der Waals surface area contributed by atoms with E-state index in [1.54, 1.807) is 0 Å². The highest BCUT2D eigenvalue weighted by Gasteiger charge is 2.30. The molecule has 0 spiro atoms. The molecule has 0 amide bonds. The third-order valence-corrected chi connectivity index (χ3v) is 18.1. The van der Waals surface area contributed by atoms with Crippen LogP contribution >= 0.6 is 15.6 Å². The maximum atomic E-state index is 13.1. The van der Waals surface area contributed by atoms with Gasteiger partial charge in [-0.15, -0.1) is 0 Å². The Labute approximate surface area is 583 Å². The first-order chi connectivity index (χ1) is 46.7. The molecule has 0 aliphatic heterocycles. The summed E-state index contributed by atoms with van der Waals surface area (Å²) in [4.78, 5) is 72.8. The second-order valence-corrected chi connectivity index (χ2v) is 28.5. The molecule has 0 aromatic rings. The van der Waals surface area contributed by atoms with Crippen LogP contribution in [-0.4, -0.2) is 96.7 Å². The molecule has 5 atom stereocenters. The Morgan fingerprint density at radius 3 is 0.875 bits per heavy atom. The molecule has 0 aliphatic carbocycles. The van der Waals surface area contributed by atoms with Crippen LogP contribution in [0.3, 0.4) is 0 Å². The van der Waals surface area contributed by atoms with Crippen molar-refractivity contribution >= 4 is 39.5 Å². The molecule has 96 heavy (non-hydrogen) atoms. The van der Waals surface area contributed by atoms with Crippen molar-refractivity contribution in [2.75, 3.05) is 39.6 Å². The van der Waals surface area contributed by atoms with E-state index in [1.165, 1.54) is 83.5 Å². The first-order valence-corrected chi connectivity index (χ1v) is 41.2. The molecule has 0 fully saturated rings. The number of phosphoric ester groups is 2. The fourth-order valence-corrected chi connectivity index (χ4v) is 11.9. The highest BCUT2D eigenvalue weighted by Crippen LogP contribution is 2.45. The number of unbranched alkanes of at least 4 members (excludes halogenated alkanes) is 34. The quantitative estimate of drug-likeness (QED) is 0.0169. The number of phosphoric acid groups is 2. The summed E-state index contributed by atoms with van der Waals surface area (Å²) in [5, 5.41) is 10.6. The van der Waals surface area contributed by atoms with Gasteiger partial charge in [0, 0.05) is 25.7 Å². The average Bonchev–Trinajstić information content (AvgIpc) is 1.17. The third-order valence-electron chi connectivity index (χ3n) is 16.2. The van der Waals surface area contributed by atoms with Gasteiger partial charge in [-0.2, -0.15) is 0 Å². The Hall–Kier alpha value is -3.50. The van der Waals surface area contributed by atoms with E-state index >= 15 is 0 Å². The number of carbonyl (C=O) groups is 4. The Balaban J connectivity index is 5.31. The lowest BCUT2D eigenvalue weighted by molar-refractivity contribution is -0.161. The molecule has 0 saturated carbocycles. The van der Waals surface area contributed by atoms with Crippen LogP contribution < -0.4 is 0 Å². The number of hydrogen-bond donors (Lipinski definition) is 3. The summed E-state index contributed by atoms with van der Waals surface area (Å²) in [7, 11) is -9.94. The molecule has 0 heterocycles. The molecule has 0 radical (unpaired) electrons. The Morgan fingerprint density at radius 1 is 0.302 bits per heavy atom. The van der Waals surface area contributed by atoms with Crippen molar-refractivity contribution in [2.24, 2.45) is 0 Å². The van der Waals surface area contributed by atoms with Crippen molar-refractivity contribution < 1.29 is 80.2 Å². The summed E-state index contributed by atoms with van der Waals surface area (Å²) in [6, 6.07) is 0. The van der Waals surface area contributed by atoms with E-state index in [0.29, 0.717) is 25.7 Å². The van der Waals surface area contributed by atoms with Crippen LogP contribution in [0.15, 0.2) is 72.9 Å². The number of aliphatic hydroxyl groups excluding tert-OH is 1. The topological polar surface area (TPSA) is 237 Å². The van der Waals surface area contributed by atoms with Crippen molar-refractivity contribution in [2.45, 2.75) is 354 Å². The zero-order valence-corrected chi connectivity index (χ0v) is 62.6. The standard InChI is InChI=1S/C77H138O17P2/c1-5-9-13-17-21-25-29-32-34-35-37-40-43-46-50-54-58-62-75(80)88-68-73(94-77(82)64-60-56-52-48-44-38-31-27-23-19-15-11-7-3)70-92-96(85,86)90-66-71(78)65-89-95(83,84)91-69-72(93-76(81)63-59-55-51-47-41-28-24-20-16-12-8-4)67-87-74(79)61-57-53-49-45-42-39-36-33-30-26-22-18-14-10-6-2/h9,13,21-22,25-27,31-34,36,71-73,78H,5-8,10-12,14-20,23-24,28-30,35,37-70H2,1-4H3,(H,83,84)(H,85,86)/b13-9-,25-21-,26-22-,31-27-,34-32-,36-33-. The smallest absolute Gasteiger partial charge is 0.462 e. The van der Waals surface area contributed by atoms with Gasteiger partial charge < -0.3 is 33.8 Å². The number of ether oxygens (including phenoxy) is 4. The second kappa shape index (κ2) is 70.0. The minimum absolute atomic E-state index is 0.0850. The minimum atomic E-state index is -4.97. The Kier molecular flexibility index (Phi) is 67.4. The van der Waals surface area contributed by atoms with E-state index in [2.05, 4.69) is 101 Å². The number of rotatable bonds is 72. The van der Waals surface area contributed by atoms with Gasteiger partial charge in [0.25, 0.3) is 0 Å². The summed E-state index contributed by atoms with van der Waals surface area (Å²) in [6.45, 7) is 4.72. The molecule has 5 unspecified atom stereocenters. The number of hydrogen-bond acceptors (Lipinski definition) is 15. The van der Waals surface area contributed by atoms with Crippen LogP contribution in [0, 0.1) is 0 Å². The molecule has 0 rings (SSSR count). The first kappa shape index (κ1) is 92.5. The van der Waals surface area contributed by atoms with E-state index in [-0.39, 0.29) is 25.7 Å². The molecule has 558 valence electrons. The van der Waals surface area contributed by atoms with Gasteiger partial charge in [0.1, 0.15) is 19.3 Å². The predicted molar refractivity (Wildman–Crippen MR) is 390 cm³/mol. The monoisotopic (exact) mass is 1400 g/mol. The van der Waals surface area contributed by atoms with Crippen LogP contribution in [0.4, 0.5) is 0 Å². The van der Waals surface area contributed by atoms with Gasteiger partial charge in [-0.25, -0.2) is 9.13 Å². The Bertz CT molecular complexity index is 2110. The molecule has 0 aliphatic rings. The maximum absolute atomic E-state index is 13.1. The molecule has 0 saturated heterocycles. The van der Waals surface area contributed by atoms with Gasteiger partial charge >= 0.3 is 39.5 Å². The summed E-state index contributed by atoms with van der Waals surface area (Å²) < 4.78 is 68.4. The zero-order chi connectivity index (χ0) is 70.4. The minimum Gasteiger partial charge on any atom is -0.462 e. The van der Waals surface area contributed by atoms with Gasteiger partial charge in [0.2, 0.25) is 0 Å². The number of carbonyl (C=O) groups excluding carboxylic acids is 4. The summed E-state index contributed by atoms with van der Waals surface area (Å²) in [6.07, 6.45) is 68.9. The van der Waals surface area contributed by atoms with Crippen molar-refractivity contribution in [3.8, 4) is 0 Å². The molecule has 17 nitrogen and oxygen atoms in total. The first-order valence-electron chi connectivity index (χ1n) is 38.2. The number of aliphatic hydroxyl groups is 1. The molecule has 0 aromatic carbocycles. The van der Waals surface area contributed by atoms with Crippen molar-refractivity contribution in [1.82, 2.24) is 0 Å². The van der Waals surface area contributed by atoms with E-state index in [0.717, 1.165) is 173 Å². The molecular formula is C77H138O17P2. The summed E-state index contributed by atoms with van der Waals surface area (Å²) in [5.41, 5.74) is 0. The number of allylic oxidation sites excluding steroid dienone is 12. The van der Waals surface area contributed by atoms with E-state index in [4.69, 9.17) is 37.0 Å². The highest BCUT2D eigenvalue weighted by molar-refractivity contribution is 7.47. The molecule has 19 heteroatoms. The van der Waals surface area contributed by atoms with Crippen LogP contribution in [0.5, 0.6) is 0 Å². The lowest BCUT2D eigenvalue weighted by Crippen LogP contribution is -2.30. The molecular weight excluding hydrogens is 1260 g/mol. The predicted octanol–water partition coefficient (Wildman–Crippen LogP) is 21.7. The van der Waals surface area contributed by atoms with Gasteiger partial charge in [-0.1, -0.05) is 268 Å². The molecule has 3 N–H and O–H groups in total. The third kappa shape index (κ3) is 69.0. The normalized spacial score (nSPS) is 14.4. The van der Waals surface area contributed by atoms with E-state index < -0.39 is 97.5 Å². The van der Waals surface area contributed by atoms with Crippen molar-refractivity contribution in [3.63, 3.8) is 0 Å². The lowest BCUT2D eigenvalue weighted by Gasteiger charge is -2.21. The van der Waals surface area contributed by atoms with E-state index in [9.17, 15) is 43.2 Å². The average molecular weight is 1400 g/mol. The zero-order valence-electron chi connectivity index (χ0n) is 60.8. The van der Waals surface area contributed by atoms with Crippen molar-refractivity contribution in [1.29, 1.82) is 0 Å². The fourth-order valence-electron chi connectivity index (χ4n) is 10.3. The number of esters is 4. The fraction of sp³-hybridized carbons (Fsp3) is 0.792. The van der Waals surface area contributed by atoms with Gasteiger partial charge in [-0.3, -0.25) is 37.3 Å². The van der Waals surface area contributed by atoms with Gasteiger partial charge in [-0.05, 0) is 116 Å². The van der Waals surface area contributed by atoms with E-state index in [1.807, 2.05) is 0 Å². The highest BCUT2D eigenvalue weighted by atomic mass is 31.2. The largest absolute Gasteiger partial charge is 0.472 e.